The molecule has 0 radical (unpaired) electrons. The molecule has 0 bridgehead atoms. The first-order valence-electron chi connectivity index (χ1n) is 11.6. The van der Waals surface area contributed by atoms with Crippen molar-refractivity contribution in [3.8, 4) is 11.6 Å². The van der Waals surface area contributed by atoms with E-state index in [4.69, 9.17) is 16.3 Å². The maximum absolute atomic E-state index is 11.2. The summed E-state index contributed by atoms with van der Waals surface area (Å²) >= 11 is 7.72. The number of anilines is 1. The van der Waals surface area contributed by atoms with Gasteiger partial charge in [-0.15, -0.1) is 5.10 Å². The van der Waals surface area contributed by atoms with E-state index in [0.29, 0.717) is 6.61 Å². The van der Waals surface area contributed by atoms with Crippen molar-refractivity contribution in [2.75, 3.05) is 37.7 Å². The maximum atomic E-state index is 11.2. The van der Waals surface area contributed by atoms with Crippen molar-refractivity contribution in [2.45, 2.75) is 26.3 Å². The number of aromatic hydroxyl groups is 1. The average Bonchev–Trinajstić information content (AvgIpc) is 3.40. The van der Waals surface area contributed by atoms with Gasteiger partial charge in [0.05, 0.1) is 17.5 Å². The van der Waals surface area contributed by atoms with Gasteiger partial charge in [-0.25, -0.2) is 4.98 Å². The van der Waals surface area contributed by atoms with E-state index in [2.05, 4.69) is 38.1 Å². The number of halogens is 1. The van der Waals surface area contributed by atoms with Gasteiger partial charge < -0.3 is 14.7 Å². The number of piperazine rings is 1. The number of nitrogens with zero attached hydrogens (tertiary/aromatic N) is 5. The van der Waals surface area contributed by atoms with Crippen LogP contribution in [-0.4, -0.2) is 57.4 Å². The normalized spacial score (nSPS) is 15.7. The molecule has 4 aromatic rings. The van der Waals surface area contributed by atoms with Crippen LogP contribution in [0.5, 0.6) is 11.6 Å². The second kappa shape index (κ2) is 9.82. The van der Waals surface area contributed by atoms with Gasteiger partial charge in [0.2, 0.25) is 10.8 Å². The second-order valence-corrected chi connectivity index (χ2v) is 9.72. The molecule has 2 aromatic heterocycles. The maximum Gasteiger partial charge on any atom is 0.230 e. The van der Waals surface area contributed by atoms with Crippen LogP contribution in [0.25, 0.3) is 4.96 Å². The van der Waals surface area contributed by atoms with Crippen molar-refractivity contribution in [1.29, 1.82) is 0 Å². The SMILES string of the molecule is CCOc1ccc([C@@H](c2sc3nc(CC)nn3c2O)N2CCN(c3cccc(Cl)c3)CC2)cc1. The Morgan fingerprint density at radius 1 is 1.09 bits per heavy atom. The van der Waals surface area contributed by atoms with E-state index >= 15 is 0 Å². The van der Waals surface area contributed by atoms with Gasteiger partial charge in [0.25, 0.3) is 0 Å². The van der Waals surface area contributed by atoms with Gasteiger partial charge in [0, 0.05) is 43.3 Å². The molecule has 0 saturated carbocycles. The third-order valence-corrected chi connectivity index (χ3v) is 7.48. The van der Waals surface area contributed by atoms with E-state index in [1.807, 2.05) is 44.2 Å². The third-order valence-electron chi connectivity index (χ3n) is 6.17. The molecule has 7 nitrogen and oxygen atoms in total. The van der Waals surface area contributed by atoms with E-state index in [0.717, 1.165) is 70.3 Å². The van der Waals surface area contributed by atoms with E-state index in [9.17, 15) is 5.11 Å². The Morgan fingerprint density at radius 2 is 1.85 bits per heavy atom. The summed E-state index contributed by atoms with van der Waals surface area (Å²) in [7, 11) is 0. The van der Waals surface area contributed by atoms with Gasteiger partial charge in [0.15, 0.2) is 5.82 Å². The van der Waals surface area contributed by atoms with Crippen LogP contribution in [0, 0.1) is 0 Å². The minimum absolute atomic E-state index is 0.101. The van der Waals surface area contributed by atoms with E-state index < -0.39 is 0 Å². The molecule has 1 aliphatic rings. The number of thiazole rings is 1. The summed E-state index contributed by atoms with van der Waals surface area (Å²) in [5.41, 5.74) is 2.24. The first-order valence-corrected chi connectivity index (χ1v) is 12.8. The Labute approximate surface area is 208 Å². The number of hydrogen-bond donors (Lipinski definition) is 1. The molecule has 34 heavy (non-hydrogen) atoms. The van der Waals surface area contributed by atoms with Crippen molar-refractivity contribution >= 4 is 33.6 Å². The molecular formula is C25H28ClN5O2S. The van der Waals surface area contributed by atoms with E-state index in [-0.39, 0.29) is 11.9 Å². The average molecular weight is 498 g/mol. The summed E-state index contributed by atoms with van der Waals surface area (Å²) in [4.78, 5) is 10.9. The van der Waals surface area contributed by atoms with Gasteiger partial charge in [-0.3, -0.25) is 4.90 Å². The lowest BCUT2D eigenvalue weighted by Gasteiger charge is -2.40. The Hall–Kier alpha value is -2.81. The molecule has 0 aliphatic carbocycles. The number of ether oxygens (including phenoxy) is 1. The highest BCUT2D eigenvalue weighted by Gasteiger charge is 2.32. The quantitative estimate of drug-likeness (QED) is 0.386. The van der Waals surface area contributed by atoms with Crippen LogP contribution in [0.2, 0.25) is 5.02 Å². The van der Waals surface area contributed by atoms with Gasteiger partial charge in [0.1, 0.15) is 5.75 Å². The lowest BCUT2D eigenvalue weighted by molar-refractivity contribution is 0.211. The molecule has 178 valence electrons. The summed E-state index contributed by atoms with van der Waals surface area (Å²) in [5.74, 6) is 1.75. The number of rotatable bonds is 7. The summed E-state index contributed by atoms with van der Waals surface area (Å²) in [6.45, 7) is 8.05. The zero-order valence-corrected chi connectivity index (χ0v) is 20.9. The standard InChI is InChI=1S/C25H28ClN5O2S/c1-3-21-27-25-31(28-21)24(32)23(34-25)22(17-8-10-20(11-9-17)33-4-2)30-14-12-29(13-15-30)19-7-5-6-18(26)16-19/h5-11,16,22,32H,3-4,12-15H2,1-2H3/t22-/m0/s1. The zero-order chi connectivity index (χ0) is 23.7. The highest BCUT2D eigenvalue weighted by atomic mass is 35.5. The van der Waals surface area contributed by atoms with Gasteiger partial charge in [-0.05, 0) is 42.8 Å². The van der Waals surface area contributed by atoms with Crippen molar-refractivity contribution in [2.24, 2.45) is 0 Å². The molecule has 9 heteroatoms. The molecule has 0 spiro atoms. The fraction of sp³-hybridized carbons (Fsp3) is 0.360. The highest BCUT2D eigenvalue weighted by Crippen LogP contribution is 2.41. The topological polar surface area (TPSA) is 66.1 Å². The van der Waals surface area contributed by atoms with Crippen LogP contribution >= 0.6 is 22.9 Å². The first kappa shape index (κ1) is 23.0. The lowest BCUT2D eigenvalue weighted by atomic mass is 10.0. The number of fused-ring (bicyclic) bond motifs is 1. The van der Waals surface area contributed by atoms with Crippen LogP contribution in [0.3, 0.4) is 0 Å². The molecule has 1 saturated heterocycles. The minimum Gasteiger partial charge on any atom is -0.494 e. The van der Waals surface area contributed by atoms with E-state index in [1.165, 1.54) is 11.3 Å². The summed E-state index contributed by atoms with van der Waals surface area (Å²) in [5, 5.41) is 16.4. The molecular weight excluding hydrogens is 470 g/mol. The molecule has 3 heterocycles. The second-order valence-electron chi connectivity index (χ2n) is 8.27. The summed E-state index contributed by atoms with van der Waals surface area (Å²) in [6, 6.07) is 16.1. The highest BCUT2D eigenvalue weighted by molar-refractivity contribution is 7.17. The van der Waals surface area contributed by atoms with Crippen LogP contribution < -0.4 is 9.64 Å². The van der Waals surface area contributed by atoms with Gasteiger partial charge in [-0.2, -0.15) is 4.52 Å². The largest absolute Gasteiger partial charge is 0.494 e. The molecule has 2 aromatic carbocycles. The Bertz CT molecular complexity index is 1260. The fourth-order valence-electron chi connectivity index (χ4n) is 4.47. The van der Waals surface area contributed by atoms with Crippen molar-refractivity contribution in [1.82, 2.24) is 19.5 Å². The summed E-state index contributed by atoms with van der Waals surface area (Å²) < 4.78 is 7.22. The number of hydrogen-bond acceptors (Lipinski definition) is 7. The minimum atomic E-state index is -0.101. The van der Waals surface area contributed by atoms with Crippen molar-refractivity contribution < 1.29 is 9.84 Å². The number of aryl methyl sites for hydroxylation is 1. The molecule has 1 aliphatic heterocycles. The Kier molecular flexibility index (Phi) is 6.63. The van der Waals surface area contributed by atoms with Crippen LogP contribution in [0.15, 0.2) is 48.5 Å². The zero-order valence-electron chi connectivity index (χ0n) is 19.3. The van der Waals surface area contributed by atoms with Gasteiger partial charge >= 0.3 is 0 Å². The predicted octanol–water partition coefficient (Wildman–Crippen LogP) is 5.02. The summed E-state index contributed by atoms with van der Waals surface area (Å²) in [6.07, 6.45) is 0.733. The van der Waals surface area contributed by atoms with Crippen molar-refractivity contribution in [3.05, 3.63) is 69.8 Å². The van der Waals surface area contributed by atoms with Crippen molar-refractivity contribution in [3.63, 3.8) is 0 Å². The van der Waals surface area contributed by atoms with Gasteiger partial charge in [-0.1, -0.05) is 48.1 Å². The molecule has 1 N–H and O–H groups in total. The monoisotopic (exact) mass is 497 g/mol. The lowest BCUT2D eigenvalue weighted by Crippen LogP contribution is -2.47. The number of benzene rings is 2. The Morgan fingerprint density at radius 3 is 2.50 bits per heavy atom. The van der Waals surface area contributed by atoms with Crippen LogP contribution in [0.1, 0.15) is 36.2 Å². The molecule has 0 amide bonds. The molecule has 1 atom stereocenters. The van der Waals surface area contributed by atoms with E-state index in [1.54, 1.807) is 4.52 Å². The predicted molar refractivity (Wildman–Crippen MR) is 137 cm³/mol. The first-order chi connectivity index (χ1) is 16.6. The molecule has 1 fully saturated rings. The fourth-order valence-corrected chi connectivity index (χ4v) is 5.79. The smallest absolute Gasteiger partial charge is 0.230 e. The van der Waals surface area contributed by atoms with Crippen LogP contribution in [0.4, 0.5) is 5.69 Å². The Balaban J connectivity index is 1.46. The molecule has 5 rings (SSSR count). The number of aromatic nitrogens is 3. The molecule has 0 unspecified atom stereocenters. The van der Waals surface area contributed by atoms with Crippen LogP contribution in [-0.2, 0) is 6.42 Å². The third kappa shape index (κ3) is 4.45.